The van der Waals surface area contributed by atoms with Crippen LogP contribution in [0, 0.1) is 0 Å². The number of hydrogen-bond acceptors (Lipinski definition) is 2. The van der Waals surface area contributed by atoms with Gasteiger partial charge in [0.25, 0.3) is 0 Å². The van der Waals surface area contributed by atoms with Crippen molar-refractivity contribution in [3.63, 3.8) is 0 Å². The lowest BCUT2D eigenvalue weighted by Crippen LogP contribution is -2.26. The van der Waals surface area contributed by atoms with Gasteiger partial charge in [-0.15, -0.1) is 0 Å². The SMILES string of the molecule is CCCCCCCCCCCCCCCC(=O)NCCOC. The molecule has 1 N–H and O–H groups in total. The average molecular weight is 314 g/mol. The molecule has 0 radical (unpaired) electrons. The maximum atomic E-state index is 11.5. The average Bonchev–Trinajstić information content (AvgIpc) is 2.52. The Balaban J connectivity index is 3.06. The molecule has 0 aromatic heterocycles. The number of hydrogen-bond donors (Lipinski definition) is 1. The molecule has 0 aliphatic heterocycles. The molecule has 0 heterocycles. The Labute approximate surface area is 138 Å². The van der Waals surface area contributed by atoms with Gasteiger partial charge in [-0.05, 0) is 6.42 Å². The number of carbonyl (C=O) groups is 1. The van der Waals surface area contributed by atoms with Crippen molar-refractivity contribution < 1.29 is 9.53 Å². The summed E-state index contributed by atoms with van der Waals surface area (Å²) in [7, 11) is 1.65. The van der Waals surface area contributed by atoms with Gasteiger partial charge in [-0.25, -0.2) is 0 Å². The zero-order valence-electron chi connectivity index (χ0n) is 15.1. The van der Waals surface area contributed by atoms with Crippen LogP contribution in [0.1, 0.15) is 96.8 Å². The predicted octanol–water partition coefficient (Wildman–Crippen LogP) is 5.23. The maximum absolute atomic E-state index is 11.5. The van der Waals surface area contributed by atoms with Gasteiger partial charge in [0.05, 0.1) is 6.61 Å². The molecule has 0 atom stereocenters. The Morgan fingerprint density at radius 2 is 1.23 bits per heavy atom. The van der Waals surface area contributed by atoms with E-state index in [-0.39, 0.29) is 5.91 Å². The largest absolute Gasteiger partial charge is 0.383 e. The highest BCUT2D eigenvalue weighted by Crippen LogP contribution is 2.12. The number of rotatable bonds is 17. The highest BCUT2D eigenvalue weighted by Gasteiger charge is 2.00. The molecule has 132 valence electrons. The topological polar surface area (TPSA) is 38.3 Å². The van der Waals surface area contributed by atoms with E-state index in [9.17, 15) is 4.79 Å². The molecule has 0 aromatic carbocycles. The minimum atomic E-state index is 0.167. The Bertz CT molecular complexity index is 231. The van der Waals surface area contributed by atoms with Gasteiger partial charge in [0.1, 0.15) is 0 Å². The molecule has 1 amide bonds. The number of amides is 1. The molecule has 0 aliphatic carbocycles. The molecule has 3 heteroatoms. The molecular formula is C19H39NO2. The van der Waals surface area contributed by atoms with Gasteiger partial charge in [-0.3, -0.25) is 4.79 Å². The lowest BCUT2D eigenvalue weighted by Gasteiger charge is -2.05. The van der Waals surface area contributed by atoms with E-state index in [1.165, 1.54) is 77.0 Å². The first kappa shape index (κ1) is 21.4. The summed E-state index contributed by atoms with van der Waals surface area (Å²) in [4.78, 5) is 11.5. The number of unbranched alkanes of at least 4 members (excludes halogenated alkanes) is 12. The summed E-state index contributed by atoms with van der Waals surface area (Å²) in [6.45, 7) is 3.51. The third kappa shape index (κ3) is 17.5. The number of nitrogens with one attached hydrogen (secondary N) is 1. The van der Waals surface area contributed by atoms with E-state index in [2.05, 4.69) is 12.2 Å². The molecule has 0 saturated carbocycles. The normalized spacial score (nSPS) is 10.8. The van der Waals surface area contributed by atoms with E-state index in [1.807, 2.05) is 0 Å². The monoisotopic (exact) mass is 313 g/mol. The van der Waals surface area contributed by atoms with Crippen LogP contribution in [-0.2, 0) is 9.53 Å². The number of carbonyl (C=O) groups excluding carboxylic acids is 1. The smallest absolute Gasteiger partial charge is 0.220 e. The fraction of sp³-hybridized carbons (Fsp3) is 0.947. The standard InChI is InChI=1S/C19H39NO2/c1-3-4-5-6-7-8-9-10-11-12-13-14-15-16-19(21)20-17-18-22-2/h3-18H2,1-2H3,(H,20,21). The molecule has 0 rings (SSSR count). The minimum absolute atomic E-state index is 0.167. The molecule has 22 heavy (non-hydrogen) atoms. The summed E-state index contributed by atoms with van der Waals surface area (Å²) < 4.78 is 4.90. The van der Waals surface area contributed by atoms with Gasteiger partial charge in [0, 0.05) is 20.1 Å². The maximum Gasteiger partial charge on any atom is 0.220 e. The molecule has 0 saturated heterocycles. The highest BCUT2D eigenvalue weighted by atomic mass is 16.5. The first-order valence-electron chi connectivity index (χ1n) is 9.57. The fourth-order valence-electron chi connectivity index (χ4n) is 2.68. The summed E-state index contributed by atoms with van der Waals surface area (Å²) in [5.74, 6) is 0.167. The van der Waals surface area contributed by atoms with Gasteiger partial charge >= 0.3 is 0 Å². The first-order chi connectivity index (χ1) is 10.8. The van der Waals surface area contributed by atoms with Gasteiger partial charge in [-0.1, -0.05) is 84.0 Å². The van der Waals surface area contributed by atoms with Gasteiger partial charge in [-0.2, -0.15) is 0 Å². The molecular weight excluding hydrogens is 274 g/mol. The summed E-state index contributed by atoms with van der Waals surface area (Å²) in [5, 5.41) is 2.86. The van der Waals surface area contributed by atoms with E-state index >= 15 is 0 Å². The molecule has 0 aliphatic rings. The van der Waals surface area contributed by atoms with Crippen LogP contribution in [0.3, 0.4) is 0 Å². The third-order valence-electron chi connectivity index (χ3n) is 4.14. The van der Waals surface area contributed by atoms with Gasteiger partial charge in [0.15, 0.2) is 0 Å². The van der Waals surface area contributed by atoms with Crippen LogP contribution >= 0.6 is 0 Å². The van der Waals surface area contributed by atoms with Crippen LogP contribution in [-0.4, -0.2) is 26.2 Å². The Kier molecular flexibility index (Phi) is 18.0. The molecule has 0 unspecified atom stereocenters. The molecule has 3 nitrogen and oxygen atoms in total. The van der Waals surface area contributed by atoms with Gasteiger partial charge in [0.2, 0.25) is 5.91 Å². The van der Waals surface area contributed by atoms with Crippen LogP contribution in [0.25, 0.3) is 0 Å². The van der Waals surface area contributed by atoms with Crippen molar-refractivity contribution in [2.24, 2.45) is 0 Å². The van der Waals surface area contributed by atoms with Crippen molar-refractivity contribution in [3.8, 4) is 0 Å². The van der Waals surface area contributed by atoms with Crippen molar-refractivity contribution in [3.05, 3.63) is 0 Å². The van der Waals surface area contributed by atoms with E-state index in [0.717, 1.165) is 6.42 Å². The quantitative estimate of drug-likeness (QED) is 0.373. The lowest BCUT2D eigenvalue weighted by atomic mass is 10.0. The van der Waals surface area contributed by atoms with Crippen molar-refractivity contribution in [1.82, 2.24) is 5.32 Å². The second-order valence-corrected chi connectivity index (χ2v) is 6.34. The predicted molar refractivity (Wildman–Crippen MR) is 95.2 cm³/mol. The van der Waals surface area contributed by atoms with Crippen molar-refractivity contribution in [2.75, 3.05) is 20.3 Å². The zero-order valence-corrected chi connectivity index (χ0v) is 15.1. The van der Waals surface area contributed by atoms with Crippen LogP contribution in [0.15, 0.2) is 0 Å². The Morgan fingerprint density at radius 1 is 0.773 bits per heavy atom. The first-order valence-corrected chi connectivity index (χ1v) is 9.57. The van der Waals surface area contributed by atoms with Crippen molar-refractivity contribution in [2.45, 2.75) is 96.8 Å². The Morgan fingerprint density at radius 3 is 1.68 bits per heavy atom. The lowest BCUT2D eigenvalue weighted by molar-refractivity contribution is -0.121. The van der Waals surface area contributed by atoms with E-state index in [4.69, 9.17) is 4.74 Å². The Hall–Kier alpha value is -0.570. The number of methoxy groups -OCH3 is 1. The van der Waals surface area contributed by atoms with Crippen molar-refractivity contribution in [1.29, 1.82) is 0 Å². The van der Waals surface area contributed by atoms with Crippen LogP contribution in [0.5, 0.6) is 0 Å². The van der Waals surface area contributed by atoms with E-state index in [1.54, 1.807) is 7.11 Å². The number of ether oxygens (including phenoxy) is 1. The van der Waals surface area contributed by atoms with Crippen LogP contribution in [0.4, 0.5) is 0 Å². The van der Waals surface area contributed by atoms with Crippen LogP contribution < -0.4 is 5.32 Å². The molecule has 0 aromatic rings. The second-order valence-electron chi connectivity index (χ2n) is 6.34. The zero-order chi connectivity index (χ0) is 16.3. The molecule has 0 spiro atoms. The van der Waals surface area contributed by atoms with Gasteiger partial charge < -0.3 is 10.1 Å². The van der Waals surface area contributed by atoms with E-state index < -0.39 is 0 Å². The van der Waals surface area contributed by atoms with Crippen LogP contribution in [0.2, 0.25) is 0 Å². The highest BCUT2D eigenvalue weighted by molar-refractivity contribution is 5.75. The fourth-order valence-corrected chi connectivity index (χ4v) is 2.68. The summed E-state index contributed by atoms with van der Waals surface area (Å²) in [6.07, 6.45) is 18.1. The second kappa shape index (κ2) is 18.5. The molecule has 0 fully saturated rings. The molecule has 0 bridgehead atoms. The van der Waals surface area contributed by atoms with E-state index in [0.29, 0.717) is 19.6 Å². The van der Waals surface area contributed by atoms with Crippen molar-refractivity contribution >= 4 is 5.91 Å². The third-order valence-corrected chi connectivity index (χ3v) is 4.14. The summed E-state index contributed by atoms with van der Waals surface area (Å²) in [5.41, 5.74) is 0. The summed E-state index contributed by atoms with van der Waals surface area (Å²) in [6, 6.07) is 0. The minimum Gasteiger partial charge on any atom is -0.383 e. The summed E-state index contributed by atoms with van der Waals surface area (Å²) >= 11 is 0.